The highest BCUT2D eigenvalue weighted by atomic mass is 16.3. The lowest BCUT2D eigenvalue weighted by molar-refractivity contribution is 0.0944. The predicted octanol–water partition coefficient (Wildman–Crippen LogP) is 2.17. The highest BCUT2D eigenvalue weighted by Crippen LogP contribution is 2.56. The average Bonchev–Trinajstić information content (AvgIpc) is 2.99. The first-order valence-electron chi connectivity index (χ1n) is 7.06. The van der Waals surface area contributed by atoms with Gasteiger partial charge in [0.1, 0.15) is 0 Å². The van der Waals surface area contributed by atoms with Crippen LogP contribution in [-0.4, -0.2) is 22.2 Å². The molecular formula is C17H15NO3. The molecule has 1 amide bonds. The van der Waals surface area contributed by atoms with Gasteiger partial charge in [0, 0.05) is 12.0 Å². The number of hydrogen-bond acceptors (Lipinski definition) is 3. The fourth-order valence-electron chi connectivity index (χ4n) is 3.49. The van der Waals surface area contributed by atoms with Crippen molar-refractivity contribution in [3.8, 4) is 11.5 Å². The fraction of sp³-hybridized carbons (Fsp3) is 0.235. The van der Waals surface area contributed by atoms with Gasteiger partial charge in [-0.1, -0.05) is 30.3 Å². The van der Waals surface area contributed by atoms with Gasteiger partial charge < -0.3 is 15.5 Å². The van der Waals surface area contributed by atoms with E-state index in [4.69, 9.17) is 0 Å². The van der Waals surface area contributed by atoms with E-state index in [0.29, 0.717) is 11.8 Å². The Morgan fingerprint density at radius 1 is 1.10 bits per heavy atom. The van der Waals surface area contributed by atoms with Crippen LogP contribution >= 0.6 is 0 Å². The Bertz CT molecular complexity index is 741. The molecule has 0 heterocycles. The largest absolute Gasteiger partial charge is 0.504 e. The Morgan fingerprint density at radius 3 is 2.76 bits per heavy atom. The van der Waals surface area contributed by atoms with Gasteiger partial charge in [-0.2, -0.15) is 0 Å². The van der Waals surface area contributed by atoms with E-state index in [-0.39, 0.29) is 29.0 Å². The van der Waals surface area contributed by atoms with Crippen LogP contribution in [0.3, 0.4) is 0 Å². The van der Waals surface area contributed by atoms with Gasteiger partial charge in [0.2, 0.25) is 0 Å². The number of hydrogen-bond donors (Lipinski definition) is 3. The molecule has 4 nitrogen and oxygen atoms in total. The third-order valence-electron chi connectivity index (χ3n) is 4.60. The molecule has 1 saturated carbocycles. The molecule has 106 valence electrons. The van der Waals surface area contributed by atoms with E-state index in [1.54, 1.807) is 6.07 Å². The van der Waals surface area contributed by atoms with E-state index in [0.717, 1.165) is 6.42 Å². The number of aromatic hydroxyl groups is 2. The van der Waals surface area contributed by atoms with Crippen molar-refractivity contribution in [2.24, 2.45) is 5.92 Å². The van der Waals surface area contributed by atoms with Gasteiger partial charge in [0.15, 0.2) is 11.5 Å². The predicted molar refractivity (Wildman–Crippen MR) is 77.4 cm³/mol. The molecule has 0 unspecified atom stereocenters. The van der Waals surface area contributed by atoms with E-state index >= 15 is 0 Å². The van der Waals surface area contributed by atoms with Crippen LogP contribution in [0.5, 0.6) is 11.5 Å². The van der Waals surface area contributed by atoms with Crippen LogP contribution in [-0.2, 0) is 6.42 Å². The van der Waals surface area contributed by atoms with E-state index in [9.17, 15) is 15.0 Å². The zero-order valence-electron chi connectivity index (χ0n) is 11.3. The minimum absolute atomic E-state index is 0.119. The van der Waals surface area contributed by atoms with Crippen molar-refractivity contribution >= 4 is 5.91 Å². The second-order valence-electron chi connectivity index (χ2n) is 5.77. The molecule has 2 aliphatic rings. The van der Waals surface area contributed by atoms with Crippen molar-refractivity contribution < 1.29 is 15.0 Å². The number of carbonyl (C=O) groups excluding carboxylic acids is 1. The summed E-state index contributed by atoms with van der Waals surface area (Å²) >= 11 is 0. The quantitative estimate of drug-likeness (QED) is 0.739. The van der Waals surface area contributed by atoms with E-state index in [2.05, 4.69) is 17.4 Å². The lowest BCUT2D eigenvalue weighted by atomic mass is 10.0. The zero-order chi connectivity index (χ0) is 14.6. The fourth-order valence-corrected chi connectivity index (χ4v) is 3.49. The van der Waals surface area contributed by atoms with Crippen LogP contribution in [0.4, 0.5) is 0 Å². The molecule has 0 aliphatic heterocycles. The molecule has 2 aromatic carbocycles. The second kappa shape index (κ2) is 4.25. The standard InChI is InChI=1S/C17H15NO3/c19-13-7-3-6-11(16(13)20)17(21)18-15-12-8-9-4-1-2-5-10(9)14(12)15/h1-7,12,14-15,19-20H,8H2,(H,18,21)/t12-,14-,15+/m0/s1. The molecular weight excluding hydrogens is 266 g/mol. The van der Waals surface area contributed by atoms with Gasteiger partial charge >= 0.3 is 0 Å². The summed E-state index contributed by atoms with van der Waals surface area (Å²) in [6.07, 6.45) is 0.998. The van der Waals surface area contributed by atoms with Crippen LogP contribution in [0.15, 0.2) is 42.5 Å². The number of phenols is 2. The molecule has 2 aromatic rings. The molecule has 3 atom stereocenters. The van der Waals surface area contributed by atoms with Gasteiger partial charge in [-0.15, -0.1) is 0 Å². The summed E-state index contributed by atoms with van der Waals surface area (Å²) in [5.41, 5.74) is 2.82. The zero-order valence-corrected chi connectivity index (χ0v) is 11.3. The summed E-state index contributed by atoms with van der Waals surface area (Å²) in [5.74, 6) is -0.110. The minimum atomic E-state index is -0.360. The Kier molecular flexibility index (Phi) is 2.48. The monoisotopic (exact) mass is 281 g/mol. The van der Waals surface area contributed by atoms with Crippen molar-refractivity contribution in [3.63, 3.8) is 0 Å². The molecule has 4 heteroatoms. The highest BCUT2D eigenvalue weighted by Gasteiger charge is 2.56. The highest BCUT2D eigenvalue weighted by molar-refractivity contribution is 5.98. The lowest BCUT2D eigenvalue weighted by Gasteiger charge is -2.10. The van der Waals surface area contributed by atoms with Gasteiger partial charge in [0.05, 0.1) is 5.56 Å². The van der Waals surface area contributed by atoms with Gasteiger partial charge in [0.25, 0.3) is 5.91 Å². The maximum Gasteiger partial charge on any atom is 0.255 e. The summed E-state index contributed by atoms with van der Waals surface area (Å²) < 4.78 is 0. The third kappa shape index (κ3) is 1.79. The first-order valence-corrected chi connectivity index (χ1v) is 7.06. The number of phenolic OH excluding ortho intramolecular Hbond substituents is 2. The Labute approximate surface area is 122 Å². The number of rotatable bonds is 2. The van der Waals surface area contributed by atoms with Crippen LogP contribution in [0.1, 0.15) is 27.4 Å². The third-order valence-corrected chi connectivity index (χ3v) is 4.60. The minimum Gasteiger partial charge on any atom is -0.504 e. The van der Waals surface area contributed by atoms with E-state index < -0.39 is 0 Å². The molecule has 2 aliphatic carbocycles. The van der Waals surface area contributed by atoms with Crippen molar-refractivity contribution in [2.75, 3.05) is 0 Å². The van der Waals surface area contributed by atoms with E-state index in [1.165, 1.54) is 23.3 Å². The maximum absolute atomic E-state index is 12.2. The average molecular weight is 281 g/mol. The van der Waals surface area contributed by atoms with Crippen molar-refractivity contribution in [2.45, 2.75) is 18.4 Å². The molecule has 0 aromatic heterocycles. The Hall–Kier alpha value is -2.49. The topological polar surface area (TPSA) is 69.6 Å². The molecule has 0 radical (unpaired) electrons. The first-order chi connectivity index (χ1) is 10.2. The SMILES string of the molecule is O=C(N[C@@H]1[C@H]2Cc3ccccc3[C@@H]21)c1cccc(O)c1O. The van der Waals surface area contributed by atoms with Crippen LogP contribution in [0, 0.1) is 5.92 Å². The van der Waals surface area contributed by atoms with Crippen LogP contribution in [0.25, 0.3) is 0 Å². The normalized spacial score (nSPS) is 25.0. The van der Waals surface area contributed by atoms with Crippen molar-refractivity contribution in [1.82, 2.24) is 5.32 Å². The molecule has 21 heavy (non-hydrogen) atoms. The summed E-state index contributed by atoms with van der Waals surface area (Å²) in [4.78, 5) is 12.2. The number of benzene rings is 2. The molecule has 1 fully saturated rings. The molecule has 0 bridgehead atoms. The second-order valence-corrected chi connectivity index (χ2v) is 5.77. The smallest absolute Gasteiger partial charge is 0.255 e. The molecule has 0 saturated heterocycles. The number of nitrogens with one attached hydrogen (secondary N) is 1. The number of amides is 1. The van der Waals surface area contributed by atoms with Gasteiger partial charge in [-0.3, -0.25) is 4.79 Å². The molecule has 3 N–H and O–H groups in total. The Balaban J connectivity index is 1.52. The van der Waals surface area contributed by atoms with Crippen LogP contribution < -0.4 is 5.32 Å². The number of carbonyl (C=O) groups is 1. The number of para-hydroxylation sites is 1. The first kappa shape index (κ1) is 12.3. The van der Waals surface area contributed by atoms with Crippen molar-refractivity contribution in [1.29, 1.82) is 0 Å². The molecule has 0 spiro atoms. The summed E-state index contributed by atoms with van der Waals surface area (Å²) in [6.45, 7) is 0. The number of fused-ring (bicyclic) bond motifs is 3. The molecule has 4 rings (SSSR count). The summed E-state index contributed by atoms with van der Waals surface area (Å²) in [7, 11) is 0. The summed E-state index contributed by atoms with van der Waals surface area (Å²) in [6, 6.07) is 12.9. The van der Waals surface area contributed by atoms with Crippen LogP contribution in [0.2, 0.25) is 0 Å². The summed E-state index contributed by atoms with van der Waals surface area (Å²) in [5, 5.41) is 22.2. The Morgan fingerprint density at radius 2 is 1.90 bits per heavy atom. The van der Waals surface area contributed by atoms with Gasteiger partial charge in [-0.05, 0) is 35.6 Å². The van der Waals surface area contributed by atoms with Crippen molar-refractivity contribution in [3.05, 3.63) is 59.2 Å². The lowest BCUT2D eigenvalue weighted by Crippen LogP contribution is -2.28. The van der Waals surface area contributed by atoms with Gasteiger partial charge in [-0.25, -0.2) is 0 Å². The maximum atomic E-state index is 12.2. The van der Waals surface area contributed by atoms with E-state index in [1.807, 2.05) is 12.1 Å².